The van der Waals surface area contributed by atoms with Gasteiger partial charge >= 0.3 is 0 Å². The maximum atomic E-state index is 13.3. The zero-order valence-electron chi connectivity index (χ0n) is 15.5. The number of halogens is 1. The fourth-order valence-corrected chi connectivity index (χ4v) is 2.65. The molecule has 1 amide bonds. The Bertz CT molecular complexity index is 941. The van der Waals surface area contributed by atoms with Gasteiger partial charge in [-0.2, -0.15) is 0 Å². The van der Waals surface area contributed by atoms with Gasteiger partial charge in [0, 0.05) is 17.8 Å². The Morgan fingerprint density at radius 1 is 1.04 bits per heavy atom. The van der Waals surface area contributed by atoms with Crippen LogP contribution in [0.4, 0.5) is 21.5 Å². The molecular weight excluding hydrogens is 357 g/mol. The number of nitrogen functional groups attached to an aromatic ring is 1. The minimum Gasteiger partial charge on any atom is -0.494 e. The van der Waals surface area contributed by atoms with Crippen LogP contribution in [-0.2, 0) is 6.54 Å². The maximum absolute atomic E-state index is 13.3. The first kappa shape index (κ1) is 19.2. The summed E-state index contributed by atoms with van der Waals surface area (Å²) < 4.78 is 18.7. The number of anilines is 3. The molecule has 4 N–H and O–H groups in total. The second-order valence-electron chi connectivity index (χ2n) is 6.19. The summed E-state index contributed by atoms with van der Waals surface area (Å²) in [6, 6.07) is 18.8. The molecule has 0 atom stereocenters. The van der Waals surface area contributed by atoms with Crippen molar-refractivity contribution in [1.82, 2.24) is 0 Å². The molecule has 5 nitrogen and oxygen atoms in total. The number of amides is 1. The molecule has 0 heterocycles. The number of benzene rings is 3. The van der Waals surface area contributed by atoms with Crippen LogP contribution < -0.4 is 21.1 Å². The maximum Gasteiger partial charge on any atom is 0.255 e. The van der Waals surface area contributed by atoms with Crippen LogP contribution in [0.15, 0.2) is 66.7 Å². The average molecular weight is 379 g/mol. The number of nitrogens with two attached hydrogens (primary N) is 1. The summed E-state index contributed by atoms with van der Waals surface area (Å²) in [5.41, 5.74) is 8.80. The summed E-state index contributed by atoms with van der Waals surface area (Å²) in [6.07, 6.45) is 0. The fourth-order valence-electron chi connectivity index (χ4n) is 2.65. The van der Waals surface area contributed by atoms with Crippen molar-refractivity contribution < 1.29 is 13.9 Å². The Kier molecular flexibility index (Phi) is 6.11. The average Bonchev–Trinajstić information content (AvgIpc) is 2.71. The van der Waals surface area contributed by atoms with Crippen molar-refractivity contribution in [3.05, 3.63) is 83.7 Å². The molecule has 3 rings (SSSR count). The molecule has 0 bridgehead atoms. The largest absolute Gasteiger partial charge is 0.494 e. The zero-order chi connectivity index (χ0) is 19.9. The van der Waals surface area contributed by atoms with E-state index in [0.717, 1.165) is 17.0 Å². The molecule has 0 aliphatic heterocycles. The number of ether oxygens (including phenoxy) is 1. The Morgan fingerprint density at radius 3 is 2.43 bits per heavy atom. The van der Waals surface area contributed by atoms with Gasteiger partial charge in [-0.25, -0.2) is 4.39 Å². The highest BCUT2D eigenvalue weighted by Crippen LogP contribution is 2.20. The van der Waals surface area contributed by atoms with Crippen LogP contribution >= 0.6 is 0 Å². The van der Waals surface area contributed by atoms with Gasteiger partial charge < -0.3 is 21.1 Å². The molecule has 3 aromatic rings. The lowest BCUT2D eigenvalue weighted by Crippen LogP contribution is -2.13. The number of hydrogen-bond acceptors (Lipinski definition) is 4. The minimum atomic E-state index is -0.458. The number of carbonyl (C=O) groups excluding carboxylic acids is 1. The fraction of sp³-hybridized carbons (Fsp3) is 0.136. The molecule has 0 radical (unpaired) electrons. The molecule has 0 saturated heterocycles. The van der Waals surface area contributed by atoms with Gasteiger partial charge in [0.1, 0.15) is 11.6 Å². The smallest absolute Gasteiger partial charge is 0.255 e. The van der Waals surface area contributed by atoms with Crippen molar-refractivity contribution in [3.63, 3.8) is 0 Å². The number of nitrogens with one attached hydrogen (secondary N) is 2. The molecule has 28 heavy (non-hydrogen) atoms. The van der Waals surface area contributed by atoms with E-state index in [9.17, 15) is 9.18 Å². The van der Waals surface area contributed by atoms with Crippen LogP contribution in [0.1, 0.15) is 22.8 Å². The molecule has 3 aromatic carbocycles. The monoisotopic (exact) mass is 379 g/mol. The van der Waals surface area contributed by atoms with Crippen LogP contribution in [-0.4, -0.2) is 12.5 Å². The van der Waals surface area contributed by atoms with Crippen LogP contribution in [0.2, 0.25) is 0 Å². The second-order valence-corrected chi connectivity index (χ2v) is 6.19. The normalized spacial score (nSPS) is 10.4. The van der Waals surface area contributed by atoms with E-state index < -0.39 is 5.82 Å². The van der Waals surface area contributed by atoms with Crippen molar-refractivity contribution in [2.45, 2.75) is 13.5 Å². The highest BCUT2D eigenvalue weighted by atomic mass is 19.1. The van der Waals surface area contributed by atoms with E-state index in [-0.39, 0.29) is 11.6 Å². The molecule has 0 aliphatic carbocycles. The van der Waals surface area contributed by atoms with E-state index in [1.807, 2.05) is 43.3 Å². The Morgan fingerprint density at radius 2 is 1.75 bits per heavy atom. The molecule has 0 aromatic heterocycles. The van der Waals surface area contributed by atoms with Gasteiger partial charge in [-0.15, -0.1) is 0 Å². The first-order valence-electron chi connectivity index (χ1n) is 8.97. The standard InChI is InChI=1S/C22H22FN3O2/c1-2-28-19-10-8-18(9-11-19)25-14-15-3-5-16(6-4-15)22(27)26-21-13-17(23)7-12-20(21)24/h3-13,25H,2,14,24H2,1H3,(H,26,27). The molecule has 6 heteroatoms. The lowest BCUT2D eigenvalue weighted by molar-refractivity contribution is 0.102. The van der Waals surface area contributed by atoms with Crippen molar-refractivity contribution in [2.24, 2.45) is 0 Å². The van der Waals surface area contributed by atoms with E-state index in [0.29, 0.717) is 24.4 Å². The first-order valence-corrected chi connectivity index (χ1v) is 8.97. The van der Waals surface area contributed by atoms with Crippen molar-refractivity contribution in [2.75, 3.05) is 23.0 Å². The summed E-state index contributed by atoms with van der Waals surface area (Å²) in [5.74, 6) is 0.0332. The molecular formula is C22H22FN3O2. The highest BCUT2D eigenvalue weighted by Gasteiger charge is 2.09. The summed E-state index contributed by atoms with van der Waals surface area (Å²) in [4.78, 5) is 12.3. The predicted octanol–water partition coefficient (Wildman–Crippen LogP) is 4.67. The van der Waals surface area contributed by atoms with Crippen molar-refractivity contribution in [1.29, 1.82) is 0 Å². The molecule has 0 saturated carbocycles. The lowest BCUT2D eigenvalue weighted by atomic mass is 10.1. The summed E-state index contributed by atoms with van der Waals surface area (Å²) in [5, 5.41) is 5.95. The Labute approximate surface area is 163 Å². The van der Waals surface area contributed by atoms with Gasteiger partial charge in [0.2, 0.25) is 0 Å². The minimum absolute atomic E-state index is 0.256. The highest BCUT2D eigenvalue weighted by molar-refractivity contribution is 6.05. The van der Waals surface area contributed by atoms with E-state index >= 15 is 0 Å². The van der Waals surface area contributed by atoms with E-state index in [1.165, 1.54) is 18.2 Å². The van der Waals surface area contributed by atoms with Crippen LogP contribution in [0.5, 0.6) is 5.75 Å². The van der Waals surface area contributed by atoms with Gasteiger partial charge in [-0.05, 0) is 67.1 Å². The quantitative estimate of drug-likeness (QED) is 0.522. The molecule has 0 unspecified atom stereocenters. The molecule has 144 valence electrons. The van der Waals surface area contributed by atoms with Gasteiger partial charge in [-0.3, -0.25) is 4.79 Å². The Balaban J connectivity index is 1.58. The zero-order valence-corrected chi connectivity index (χ0v) is 15.5. The Hall–Kier alpha value is -3.54. The third-order valence-electron chi connectivity index (χ3n) is 4.14. The van der Waals surface area contributed by atoms with Gasteiger partial charge in [0.15, 0.2) is 0 Å². The number of rotatable bonds is 7. The van der Waals surface area contributed by atoms with Gasteiger partial charge in [0.05, 0.1) is 18.0 Å². The first-order chi connectivity index (χ1) is 13.5. The molecule has 0 fully saturated rings. The third-order valence-corrected chi connectivity index (χ3v) is 4.14. The van der Waals surface area contributed by atoms with E-state index in [2.05, 4.69) is 10.6 Å². The van der Waals surface area contributed by atoms with Crippen molar-refractivity contribution >= 4 is 23.0 Å². The SMILES string of the molecule is CCOc1ccc(NCc2ccc(C(=O)Nc3cc(F)ccc3N)cc2)cc1. The summed E-state index contributed by atoms with van der Waals surface area (Å²) >= 11 is 0. The number of carbonyl (C=O) groups is 1. The van der Waals surface area contributed by atoms with E-state index in [1.54, 1.807) is 12.1 Å². The molecule has 0 spiro atoms. The predicted molar refractivity (Wildman–Crippen MR) is 110 cm³/mol. The third kappa shape index (κ3) is 5.01. The van der Waals surface area contributed by atoms with Crippen LogP contribution in [0, 0.1) is 5.82 Å². The van der Waals surface area contributed by atoms with Crippen molar-refractivity contribution in [3.8, 4) is 5.75 Å². The van der Waals surface area contributed by atoms with Gasteiger partial charge in [-0.1, -0.05) is 12.1 Å². The van der Waals surface area contributed by atoms with Gasteiger partial charge in [0.25, 0.3) is 5.91 Å². The second kappa shape index (κ2) is 8.90. The van der Waals surface area contributed by atoms with E-state index in [4.69, 9.17) is 10.5 Å². The lowest BCUT2D eigenvalue weighted by Gasteiger charge is -2.10. The topological polar surface area (TPSA) is 76.4 Å². The number of hydrogen-bond donors (Lipinski definition) is 3. The summed E-state index contributed by atoms with van der Waals surface area (Å²) in [7, 11) is 0. The molecule has 0 aliphatic rings. The summed E-state index contributed by atoms with van der Waals surface area (Å²) in [6.45, 7) is 3.20. The van der Waals surface area contributed by atoms with Crippen LogP contribution in [0.3, 0.4) is 0 Å². The van der Waals surface area contributed by atoms with Crippen LogP contribution in [0.25, 0.3) is 0 Å².